The molecule has 0 atom stereocenters. The number of ether oxygens (including phenoxy) is 2. The molecule has 30 heavy (non-hydrogen) atoms. The lowest BCUT2D eigenvalue weighted by Gasteiger charge is -2.09. The lowest BCUT2D eigenvalue weighted by Crippen LogP contribution is -2.24. The van der Waals surface area contributed by atoms with Gasteiger partial charge in [0.2, 0.25) is 5.91 Å². The number of carbonyl (C=O) groups excluding carboxylic acids is 4. The molecule has 0 aromatic heterocycles. The number of rotatable bonds is 5. The topological polar surface area (TPSA) is 102 Å². The first-order chi connectivity index (χ1) is 14.4. The van der Waals surface area contributed by atoms with Crippen molar-refractivity contribution < 1.29 is 28.7 Å². The highest BCUT2D eigenvalue weighted by Crippen LogP contribution is 2.31. The minimum atomic E-state index is -0.407. The van der Waals surface area contributed by atoms with Crippen LogP contribution in [0.3, 0.4) is 0 Å². The van der Waals surface area contributed by atoms with E-state index >= 15 is 0 Å². The third-order valence-corrected chi connectivity index (χ3v) is 5.02. The molecule has 8 nitrogen and oxygen atoms in total. The predicted octanol–water partition coefficient (Wildman–Crippen LogP) is 2.68. The van der Waals surface area contributed by atoms with E-state index in [9.17, 15) is 19.2 Å². The van der Waals surface area contributed by atoms with Crippen LogP contribution >= 0.6 is 0 Å². The normalized spacial score (nSPS) is 14.9. The van der Waals surface area contributed by atoms with E-state index in [-0.39, 0.29) is 36.0 Å². The molecule has 2 aliphatic heterocycles. The number of hydrogen-bond donors (Lipinski definition) is 1. The quantitative estimate of drug-likeness (QED) is 0.603. The standard InChI is InChI=1S/C22H20N2O6/c1-24-21(27)15-5-4-14(12-16(15)22(24)28)23-20(26)8-6-17(25)13-3-7-18-19(11-13)30-10-2-9-29-18/h3-5,7,11-12H,2,6,8-10H2,1H3,(H,23,26). The summed E-state index contributed by atoms with van der Waals surface area (Å²) in [7, 11) is 1.41. The molecule has 0 aliphatic carbocycles. The van der Waals surface area contributed by atoms with Gasteiger partial charge in [-0.05, 0) is 36.4 Å². The summed E-state index contributed by atoms with van der Waals surface area (Å²) in [5.41, 5.74) is 1.42. The highest BCUT2D eigenvalue weighted by molar-refractivity contribution is 6.21. The molecule has 8 heteroatoms. The van der Waals surface area contributed by atoms with Crippen LogP contribution in [-0.2, 0) is 4.79 Å². The van der Waals surface area contributed by atoms with Gasteiger partial charge in [-0.25, -0.2) is 0 Å². The van der Waals surface area contributed by atoms with Crippen molar-refractivity contribution in [1.82, 2.24) is 4.90 Å². The van der Waals surface area contributed by atoms with E-state index in [1.54, 1.807) is 24.3 Å². The second-order valence-electron chi connectivity index (χ2n) is 7.11. The molecule has 0 radical (unpaired) electrons. The molecule has 3 amide bonds. The third kappa shape index (κ3) is 3.76. The zero-order chi connectivity index (χ0) is 21.3. The number of ketones is 1. The zero-order valence-electron chi connectivity index (χ0n) is 16.4. The summed E-state index contributed by atoms with van der Waals surface area (Å²) in [4.78, 5) is 49.8. The Morgan fingerprint density at radius 2 is 1.67 bits per heavy atom. The number of carbonyl (C=O) groups is 4. The van der Waals surface area contributed by atoms with Crippen molar-refractivity contribution in [2.24, 2.45) is 0 Å². The van der Waals surface area contributed by atoms with Gasteiger partial charge >= 0.3 is 0 Å². The Morgan fingerprint density at radius 1 is 0.933 bits per heavy atom. The molecular weight excluding hydrogens is 388 g/mol. The fourth-order valence-corrected chi connectivity index (χ4v) is 3.37. The number of anilines is 1. The van der Waals surface area contributed by atoms with Crippen molar-refractivity contribution in [2.75, 3.05) is 25.6 Å². The summed E-state index contributed by atoms with van der Waals surface area (Å²) in [5.74, 6) is -0.175. The van der Waals surface area contributed by atoms with Gasteiger partial charge < -0.3 is 14.8 Å². The molecule has 1 N–H and O–H groups in total. The van der Waals surface area contributed by atoms with Crippen molar-refractivity contribution in [3.05, 3.63) is 53.1 Å². The van der Waals surface area contributed by atoms with Crippen LogP contribution in [0.2, 0.25) is 0 Å². The zero-order valence-corrected chi connectivity index (χ0v) is 16.4. The van der Waals surface area contributed by atoms with Crippen LogP contribution in [0.4, 0.5) is 5.69 Å². The van der Waals surface area contributed by atoms with Crippen LogP contribution in [0.1, 0.15) is 50.3 Å². The van der Waals surface area contributed by atoms with Crippen molar-refractivity contribution >= 4 is 29.2 Å². The number of hydrogen-bond acceptors (Lipinski definition) is 6. The molecule has 0 saturated heterocycles. The first-order valence-electron chi connectivity index (χ1n) is 9.63. The number of nitrogens with one attached hydrogen (secondary N) is 1. The lowest BCUT2D eigenvalue weighted by atomic mass is 10.1. The largest absolute Gasteiger partial charge is 0.490 e. The Bertz CT molecular complexity index is 1060. The number of benzene rings is 2. The molecule has 0 saturated carbocycles. The van der Waals surface area contributed by atoms with Crippen molar-refractivity contribution in [1.29, 1.82) is 0 Å². The monoisotopic (exact) mass is 408 g/mol. The summed E-state index contributed by atoms with van der Waals surface area (Å²) in [5, 5.41) is 2.67. The Labute approximate surface area is 172 Å². The number of imide groups is 1. The summed E-state index contributed by atoms with van der Waals surface area (Å²) < 4.78 is 11.1. The van der Waals surface area contributed by atoms with Gasteiger partial charge in [-0.2, -0.15) is 0 Å². The minimum absolute atomic E-state index is 0.0167. The van der Waals surface area contributed by atoms with Gasteiger partial charge in [0.05, 0.1) is 24.3 Å². The molecule has 2 aromatic rings. The summed E-state index contributed by atoms with van der Waals surface area (Å²) in [6.45, 7) is 1.09. The van der Waals surface area contributed by atoms with E-state index in [0.29, 0.717) is 41.5 Å². The van der Waals surface area contributed by atoms with Crippen LogP contribution in [0.5, 0.6) is 11.5 Å². The molecule has 154 valence electrons. The summed E-state index contributed by atoms with van der Waals surface area (Å²) >= 11 is 0. The van der Waals surface area contributed by atoms with E-state index < -0.39 is 5.91 Å². The molecular formula is C22H20N2O6. The van der Waals surface area contributed by atoms with E-state index in [1.165, 1.54) is 19.2 Å². The fourth-order valence-electron chi connectivity index (χ4n) is 3.37. The second-order valence-corrected chi connectivity index (χ2v) is 7.11. The van der Waals surface area contributed by atoms with Crippen molar-refractivity contribution in [2.45, 2.75) is 19.3 Å². The van der Waals surface area contributed by atoms with Gasteiger partial charge in [0.25, 0.3) is 11.8 Å². The van der Waals surface area contributed by atoms with Gasteiger partial charge in [0.1, 0.15) is 0 Å². The second kappa shape index (κ2) is 7.98. The molecule has 0 unspecified atom stereocenters. The van der Waals surface area contributed by atoms with Gasteiger partial charge in [-0.1, -0.05) is 0 Å². The van der Waals surface area contributed by atoms with E-state index in [1.807, 2.05) is 0 Å². The third-order valence-electron chi connectivity index (χ3n) is 5.02. The maximum absolute atomic E-state index is 12.5. The molecule has 2 aromatic carbocycles. The summed E-state index contributed by atoms with van der Waals surface area (Å²) in [6.07, 6.45) is 0.782. The van der Waals surface area contributed by atoms with Crippen molar-refractivity contribution in [3.63, 3.8) is 0 Å². The van der Waals surface area contributed by atoms with Crippen LogP contribution in [0.25, 0.3) is 0 Å². The van der Waals surface area contributed by atoms with E-state index in [4.69, 9.17) is 9.47 Å². The molecule has 4 rings (SSSR count). The average Bonchev–Trinajstić information content (AvgIpc) is 2.92. The Hall–Kier alpha value is -3.68. The average molecular weight is 408 g/mol. The number of nitrogens with zero attached hydrogens (tertiary/aromatic N) is 1. The van der Waals surface area contributed by atoms with E-state index in [2.05, 4.69) is 5.32 Å². The Morgan fingerprint density at radius 3 is 2.47 bits per heavy atom. The van der Waals surface area contributed by atoms with E-state index in [0.717, 1.165) is 11.3 Å². The molecule has 0 fully saturated rings. The fraction of sp³-hybridized carbons (Fsp3) is 0.273. The van der Waals surface area contributed by atoms with Gasteiger partial charge in [0, 0.05) is 37.6 Å². The van der Waals surface area contributed by atoms with Crippen molar-refractivity contribution in [3.8, 4) is 11.5 Å². The molecule has 0 bridgehead atoms. The highest BCUT2D eigenvalue weighted by Gasteiger charge is 2.32. The van der Waals surface area contributed by atoms with Crippen LogP contribution < -0.4 is 14.8 Å². The maximum atomic E-state index is 12.5. The van der Waals surface area contributed by atoms with Gasteiger partial charge in [0.15, 0.2) is 17.3 Å². The van der Waals surface area contributed by atoms with Gasteiger partial charge in [-0.15, -0.1) is 0 Å². The Balaban J connectivity index is 1.36. The van der Waals surface area contributed by atoms with Gasteiger partial charge in [-0.3, -0.25) is 24.1 Å². The smallest absolute Gasteiger partial charge is 0.261 e. The first-order valence-corrected chi connectivity index (χ1v) is 9.63. The maximum Gasteiger partial charge on any atom is 0.261 e. The SMILES string of the molecule is CN1C(=O)c2ccc(NC(=O)CCC(=O)c3ccc4c(c3)OCCCO4)cc2C1=O. The number of Topliss-reactive ketones (excluding diaryl/α,β-unsaturated/α-hetero) is 1. The van der Waals surface area contributed by atoms with Crippen LogP contribution in [-0.4, -0.2) is 48.7 Å². The summed E-state index contributed by atoms with van der Waals surface area (Å²) in [6, 6.07) is 9.55. The molecule has 2 aliphatic rings. The lowest BCUT2D eigenvalue weighted by molar-refractivity contribution is -0.116. The minimum Gasteiger partial charge on any atom is -0.490 e. The number of amides is 3. The van der Waals surface area contributed by atoms with Crippen LogP contribution in [0, 0.1) is 0 Å². The first kappa shape index (κ1) is 19.6. The molecule has 0 spiro atoms. The predicted molar refractivity (Wildman–Crippen MR) is 107 cm³/mol. The number of fused-ring (bicyclic) bond motifs is 2. The molecule has 2 heterocycles. The van der Waals surface area contributed by atoms with Crippen LogP contribution in [0.15, 0.2) is 36.4 Å². The Kier molecular flexibility index (Phi) is 5.22. The highest BCUT2D eigenvalue weighted by atomic mass is 16.5.